The molecule has 136 valence electrons. The van der Waals surface area contributed by atoms with Crippen LogP contribution in [0.25, 0.3) is 0 Å². The fourth-order valence-electron chi connectivity index (χ4n) is 3.04. The topological polar surface area (TPSA) is 55.9 Å². The lowest BCUT2D eigenvalue weighted by Gasteiger charge is -2.35. The molecule has 2 aliphatic rings. The lowest BCUT2D eigenvalue weighted by molar-refractivity contribution is 0.0665. The number of hydrogen-bond acceptors (Lipinski definition) is 3. The van der Waals surface area contributed by atoms with E-state index in [1.54, 1.807) is 9.80 Å². The molecule has 3 amide bonds. The van der Waals surface area contributed by atoms with Gasteiger partial charge in [0.05, 0.1) is 0 Å². The van der Waals surface area contributed by atoms with Crippen LogP contribution in [0.3, 0.4) is 0 Å². The highest BCUT2D eigenvalue weighted by molar-refractivity contribution is 5.94. The van der Waals surface area contributed by atoms with Crippen molar-refractivity contribution < 1.29 is 14.0 Å². The number of urea groups is 1. The second-order valence-electron chi connectivity index (χ2n) is 6.73. The van der Waals surface area contributed by atoms with Crippen molar-refractivity contribution in [3.8, 4) is 0 Å². The molecule has 0 unspecified atom stereocenters. The monoisotopic (exact) mass is 348 g/mol. The van der Waals surface area contributed by atoms with E-state index in [0.717, 1.165) is 6.54 Å². The molecule has 1 saturated carbocycles. The Morgan fingerprint density at radius 1 is 1.12 bits per heavy atom. The average molecular weight is 348 g/mol. The number of amides is 3. The molecular formula is C18H25FN4O2. The smallest absolute Gasteiger partial charge is 0.317 e. The fourth-order valence-corrected chi connectivity index (χ4v) is 3.04. The summed E-state index contributed by atoms with van der Waals surface area (Å²) in [5, 5.41) is 2.95. The number of likely N-dealkylation sites (N-methyl/N-ethyl adjacent to an activating group) is 1. The molecule has 1 saturated heterocycles. The van der Waals surface area contributed by atoms with Gasteiger partial charge in [-0.25, -0.2) is 9.18 Å². The van der Waals surface area contributed by atoms with E-state index in [2.05, 4.69) is 17.3 Å². The molecule has 1 aromatic rings. The van der Waals surface area contributed by atoms with Crippen LogP contribution in [-0.2, 0) is 0 Å². The Morgan fingerprint density at radius 3 is 2.32 bits per heavy atom. The zero-order valence-electron chi connectivity index (χ0n) is 14.6. The van der Waals surface area contributed by atoms with E-state index >= 15 is 0 Å². The van der Waals surface area contributed by atoms with Gasteiger partial charge in [-0.2, -0.15) is 0 Å². The van der Waals surface area contributed by atoms with Crippen molar-refractivity contribution in [2.45, 2.75) is 18.9 Å². The Bertz CT molecular complexity index is 610. The average Bonchev–Trinajstić information content (AvgIpc) is 3.47. The Morgan fingerprint density at radius 2 is 1.72 bits per heavy atom. The van der Waals surface area contributed by atoms with Crippen LogP contribution in [0, 0.1) is 5.82 Å². The van der Waals surface area contributed by atoms with Crippen LogP contribution in [0.15, 0.2) is 24.3 Å². The molecule has 0 radical (unpaired) electrons. The van der Waals surface area contributed by atoms with Crippen molar-refractivity contribution in [3.63, 3.8) is 0 Å². The maximum atomic E-state index is 13.0. The molecule has 6 nitrogen and oxygen atoms in total. The van der Waals surface area contributed by atoms with E-state index in [1.807, 2.05) is 0 Å². The second kappa shape index (κ2) is 7.82. The normalized spacial score (nSPS) is 17.7. The lowest BCUT2D eigenvalue weighted by Crippen LogP contribution is -2.53. The van der Waals surface area contributed by atoms with Gasteiger partial charge in [0.25, 0.3) is 5.91 Å². The first kappa shape index (κ1) is 17.7. The van der Waals surface area contributed by atoms with Crippen LogP contribution >= 0.6 is 0 Å². The lowest BCUT2D eigenvalue weighted by atomic mass is 10.2. The summed E-state index contributed by atoms with van der Waals surface area (Å²) in [4.78, 5) is 30.3. The van der Waals surface area contributed by atoms with Crippen LogP contribution in [-0.4, -0.2) is 79.0 Å². The van der Waals surface area contributed by atoms with Gasteiger partial charge in [0.1, 0.15) is 5.82 Å². The third-order valence-electron chi connectivity index (χ3n) is 4.86. The molecule has 1 N–H and O–H groups in total. The molecule has 3 rings (SSSR count). The molecule has 1 aliphatic heterocycles. The highest BCUT2D eigenvalue weighted by Crippen LogP contribution is 2.24. The third-order valence-corrected chi connectivity index (χ3v) is 4.86. The molecule has 1 aromatic carbocycles. The Balaban J connectivity index is 1.40. The summed E-state index contributed by atoms with van der Waals surface area (Å²) in [6.45, 7) is 3.51. The maximum absolute atomic E-state index is 13.0. The van der Waals surface area contributed by atoms with Crippen molar-refractivity contribution in [2.24, 2.45) is 0 Å². The fraction of sp³-hybridized carbons (Fsp3) is 0.556. The minimum Gasteiger partial charge on any atom is -0.337 e. The minimum absolute atomic E-state index is 0.0712. The zero-order chi connectivity index (χ0) is 17.8. The molecule has 2 fully saturated rings. The van der Waals surface area contributed by atoms with Gasteiger partial charge >= 0.3 is 6.03 Å². The van der Waals surface area contributed by atoms with Crippen molar-refractivity contribution in [1.82, 2.24) is 20.0 Å². The number of hydrogen-bond donors (Lipinski definition) is 1. The van der Waals surface area contributed by atoms with Gasteiger partial charge in [-0.15, -0.1) is 0 Å². The quantitative estimate of drug-likeness (QED) is 0.875. The summed E-state index contributed by atoms with van der Waals surface area (Å²) < 4.78 is 13.0. The first-order chi connectivity index (χ1) is 12.0. The number of carbonyl (C=O) groups is 2. The van der Waals surface area contributed by atoms with Crippen LogP contribution in [0.5, 0.6) is 0 Å². The molecule has 0 aromatic heterocycles. The van der Waals surface area contributed by atoms with E-state index < -0.39 is 0 Å². The van der Waals surface area contributed by atoms with Crippen molar-refractivity contribution >= 4 is 11.9 Å². The van der Waals surface area contributed by atoms with Gasteiger partial charge in [-0.05, 0) is 44.2 Å². The van der Waals surface area contributed by atoms with Gasteiger partial charge in [-0.3, -0.25) is 4.79 Å². The summed E-state index contributed by atoms with van der Waals surface area (Å²) in [5.41, 5.74) is 0.474. The van der Waals surface area contributed by atoms with Crippen molar-refractivity contribution in [3.05, 3.63) is 35.6 Å². The van der Waals surface area contributed by atoms with Gasteiger partial charge < -0.3 is 20.0 Å². The van der Waals surface area contributed by atoms with Gasteiger partial charge in [-0.1, -0.05) is 0 Å². The number of halogens is 1. The van der Waals surface area contributed by atoms with Crippen LogP contribution in [0.1, 0.15) is 23.2 Å². The van der Waals surface area contributed by atoms with Crippen molar-refractivity contribution in [1.29, 1.82) is 0 Å². The molecular weight excluding hydrogens is 323 g/mol. The van der Waals surface area contributed by atoms with Crippen LogP contribution in [0.4, 0.5) is 9.18 Å². The minimum atomic E-state index is -0.356. The second-order valence-corrected chi connectivity index (χ2v) is 6.73. The Labute approximate surface area is 147 Å². The van der Waals surface area contributed by atoms with Gasteiger partial charge in [0, 0.05) is 50.9 Å². The molecule has 0 bridgehead atoms. The van der Waals surface area contributed by atoms with E-state index in [4.69, 9.17) is 0 Å². The van der Waals surface area contributed by atoms with E-state index in [-0.39, 0.29) is 17.8 Å². The van der Waals surface area contributed by atoms with Crippen LogP contribution < -0.4 is 5.32 Å². The number of nitrogens with zero attached hydrogens (tertiary/aromatic N) is 3. The summed E-state index contributed by atoms with van der Waals surface area (Å²) in [6.07, 6.45) is 2.52. The molecule has 25 heavy (non-hydrogen) atoms. The molecule has 0 spiro atoms. The molecule has 1 heterocycles. The summed E-state index contributed by atoms with van der Waals surface area (Å²) in [6, 6.07) is 6.18. The summed E-state index contributed by atoms with van der Waals surface area (Å²) in [5.74, 6) is -0.475. The molecule has 7 heteroatoms. The van der Waals surface area contributed by atoms with E-state index in [0.29, 0.717) is 44.3 Å². The summed E-state index contributed by atoms with van der Waals surface area (Å²) in [7, 11) is 2.09. The number of piperazine rings is 1. The van der Waals surface area contributed by atoms with Crippen LogP contribution in [0.2, 0.25) is 0 Å². The zero-order valence-corrected chi connectivity index (χ0v) is 14.6. The SMILES string of the molecule is CN(CCNC(=O)N1CCN(C(=O)c2ccc(F)cc2)CC1)C1CC1. The summed E-state index contributed by atoms with van der Waals surface area (Å²) >= 11 is 0. The first-order valence-electron chi connectivity index (χ1n) is 8.82. The van der Waals surface area contributed by atoms with Crippen molar-refractivity contribution in [2.75, 3.05) is 46.3 Å². The largest absolute Gasteiger partial charge is 0.337 e. The van der Waals surface area contributed by atoms with E-state index in [1.165, 1.54) is 37.1 Å². The number of rotatable bonds is 5. The number of nitrogens with one attached hydrogen (secondary N) is 1. The molecule has 0 atom stereocenters. The van der Waals surface area contributed by atoms with E-state index in [9.17, 15) is 14.0 Å². The Hall–Kier alpha value is -2.15. The third kappa shape index (κ3) is 4.69. The number of carbonyl (C=O) groups excluding carboxylic acids is 2. The highest BCUT2D eigenvalue weighted by atomic mass is 19.1. The molecule has 1 aliphatic carbocycles. The Kier molecular flexibility index (Phi) is 5.53. The predicted octanol–water partition coefficient (Wildman–Crippen LogP) is 1.39. The standard InChI is InChI=1S/C18H25FN4O2/c1-21(16-6-7-16)9-8-20-18(25)23-12-10-22(11-13-23)17(24)14-2-4-15(19)5-3-14/h2-5,16H,6-13H2,1H3,(H,20,25). The van der Waals surface area contributed by atoms with Gasteiger partial charge in [0.15, 0.2) is 0 Å². The highest BCUT2D eigenvalue weighted by Gasteiger charge is 2.27. The predicted molar refractivity (Wildman–Crippen MR) is 92.9 cm³/mol. The number of benzene rings is 1. The first-order valence-corrected chi connectivity index (χ1v) is 8.82. The maximum Gasteiger partial charge on any atom is 0.317 e. The van der Waals surface area contributed by atoms with Gasteiger partial charge in [0.2, 0.25) is 0 Å².